The number of sulfone groups is 1. The van der Waals surface area contributed by atoms with Gasteiger partial charge in [-0.3, -0.25) is 0 Å². The van der Waals surface area contributed by atoms with E-state index in [1.165, 1.54) is 6.20 Å². The largest absolute Gasteiger partial charge is 0.382 e. The van der Waals surface area contributed by atoms with Crippen LogP contribution in [0.2, 0.25) is 0 Å². The highest BCUT2D eigenvalue weighted by Crippen LogP contribution is 2.17. The van der Waals surface area contributed by atoms with Gasteiger partial charge in [0.15, 0.2) is 9.84 Å². The maximum absolute atomic E-state index is 11.3. The molecule has 0 saturated carbocycles. The van der Waals surface area contributed by atoms with Crippen LogP contribution in [0.1, 0.15) is 13.8 Å². The van der Waals surface area contributed by atoms with E-state index in [0.29, 0.717) is 5.95 Å². The van der Waals surface area contributed by atoms with Crippen molar-refractivity contribution in [2.75, 3.05) is 30.0 Å². The molecule has 0 aromatic carbocycles. The van der Waals surface area contributed by atoms with Gasteiger partial charge in [-0.25, -0.2) is 13.4 Å². The molecule has 7 heteroatoms. The van der Waals surface area contributed by atoms with Gasteiger partial charge < -0.3 is 10.6 Å². The van der Waals surface area contributed by atoms with Crippen LogP contribution in [0, 0.1) is 0 Å². The minimum atomic E-state index is -3.36. The number of nitrogen functional groups attached to an aromatic ring is 1. The van der Waals surface area contributed by atoms with Crippen LogP contribution in [0.3, 0.4) is 0 Å². The van der Waals surface area contributed by atoms with Crippen LogP contribution in [-0.2, 0) is 9.84 Å². The summed E-state index contributed by atoms with van der Waals surface area (Å²) in [6.07, 6.45) is 2.34. The number of rotatable bonds is 4. The summed E-state index contributed by atoms with van der Waals surface area (Å²) in [6, 6.07) is 0. The lowest BCUT2D eigenvalue weighted by Crippen LogP contribution is -2.24. The van der Waals surface area contributed by atoms with Gasteiger partial charge in [0, 0.05) is 19.3 Å². The molecule has 0 amide bonds. The fourth-order valence-corrected chi connectivity index (χ4v) is 1.99. The topological polar surface area (TPSA) is 89.2 Å². The summed E-state index contributed by atoms with van der Waals surface area (Å²) in [5.41, 5.74) is 5.60. The Balaban J connectivity index is 3.19. The molecule has 0 aliphatic carbocycles. The van der Waals surface area contributed by atoms with Crippen molar-refractivity contribution in [2.24, 2.45) is 0 Å². The third-order valence-electron chi connectivity index (χ3n) is 2.22. The van der Waals surface area contributed by atoms with Crippen molar-refractivity contribution in [2.45, 2.75) is 18.7 Å². The molecular formula is C9H16N4O2S. The van der Waals surface area contributed by atoms with Gasteiger partial charge in [-0.05, 0) is 13.8 Å². The molecule has 1 rings (SSSR count). The van der Waals surface area contributed by atoms with Crippen LogP contribution in [0.25, 0.3) is 0 Å². The number of aromatic nitrogens is 2. The number of nitrogens with two attached hydrogens (primary N) is 1. The van der Waals surface area contributed by atoms with Crippen molar-refractivity contribution < 1.29 is 8.42 Å². The van der Waals surface area contributed by atoms with Crippen LogP contribution < -0.4 is 10.6 Å². The molecule has 0 saturated heterocycles. The molecule has 1 aromatic heterocycles. The van der Waals surface area contributed by atoms with Crippen molar-refractivity contribution in [3.63, 3.8) is 0 Å². The molecule has 0 radical (unpaired) electrons. The predicted octanol–water partition coefficient (Wildman–Crippen LogP) is 0.309. The van der Waals surface area contributed by atoms with Gasteiger partial charge in [0.25, 0.3) is 0 Å². The average Bonchev–Trinajstić information content (AvgIpc) is 2.17. The van der Waals surface area contributed by atoms with E-state index < -0.39 is 9.84 Å². The summed E-state index contributed by atoms with van der Waals surface area (Å²) in [4.78, 5) is 9.87. The highest BCUT2D eigenvalue weighted by atomic mass is 32.2. The Morgan fingerprint density at radius 3 is 2.31 bits per heavy atom. The van der Waals surface area contributed by atoms with E-state index in [-0.39, 0.29) is 10.7 Å². The second kappa shape index (κ2) is 4.65. The lowest BCUT2D eigenvalue weighted by molar-refractivity contribution is 0.601. The smallest absolute Gasteiger partial charge is 0.227 e. The third-order valence-corrected chi connectivity index (χ3v) is 3.33. The van der Waals surface area contributed by atoms with E-state index in [0.717, 1.165) is 19.3 Å². The molecular weight excluding hydrogens is 228 g/mol. The molecule has 6 nitrogen and oxygen atoms in total. The van der Waals surface area contributed by atoms with Crippen LogP contribution >= 0.6 is 0 Å². The normalized spacial score (nSPS) is 11.4. The first kappa shape index (κ1) is 12.7. The van der Waals surface area contributed by atoms with E-state index >= 15 is 0 Å². The van der Waals surface area contributed by atoms with Crippen molar-refractivity contribution in [3.05, 3.63) is 6.20 Å². The van der Waals surface area contributed by atoms with Crippen molar-refractivity contribution >= 4 is 21.6 Å². The standard InChI is InChI=1S/C9H16N4O2S/c1-4-13(5-2)9-11-6-7(8(10)12-9)16(3,14)15/h6H,4-5H2,1-3H3,(H2,10,11,12). The van der Waals surface area contributed by atoms with Crippen molar-refractivity contribution in [3.8, 4) is 0 Å². The molecule has 0 aliphatic rings. The number of nitrogens with zero attached hydrogens (tertiary/aromatic N) is 3. The maximum atomic E-state index is 11.3. The Morgan fingerprint density at radius 1 is 1.38 bits per heavy atom. The molecule has 0 spiro atoms. The van der Waals surface area contributed by atoms with E-state index in [2.05, 4.69) is 9.97 Å². The Bertz CT molecular complexity index is 468. The number of hydrogen-bond acceptors (Lipinski definition) is 6. The zero-order chi connectivity index (χ0) is 12.3. The van der Waals surface area contributed by atoms with Crippen molar-refractivity contribution in [1.82, 2.24) is 9.97 Å². The van der Waals surface area contributed by atoms with Crippen LogP contribution in [0.15, 0.2) is 11.1 Å². The monoisotopic (exact) mass is 244 g/mol. The summed E-state index contributed by atoms with van der Waals surface area (Å²) in [5, 5.41) is 0. The molecule has 1 aromatic rings. The Labute approximate surface area is 95.4 Å². The molecule has 2 N–H and O–H groups in total. The van der Waals surface area contributed by atoms with Gasteiger partial charge in [-0.1, -0.05) is 0 Å². The molecule has 0 atom stereocenters. The molecule has 1 heterocycles. The predicted molar refractivity (Wildman–Crippen MR) is 63.1 cm³/mol. The van der Waals surface area contributed by atoms with Gasteiger partial charge in [-0.15, -0.1) is 0 Å². The number of anilines is 2. The Kier molecular flexibility index (Phi) is 3.69. The van der Waals surface area contributed by atoms with E-state index in [1.807, 2.05) is 18.7 Å². The van der Waals surface area contributed by atoms with Gasteiger partial charge in [0.1, 0.15) is 10.7 Å². The molecule has 16 heavy (non-hydrogen) atoms. The highest BCUT2D eigenvalue weighted by molar-refractivity contribution is 7.90. The Morgan fingerprint density at radius 2 is 1.94 bits per heavy atom. The van der Waals surface area contributed by atoms with Gasteiger partial charge >= 0.3 is 0 Å². The molecule has 0 fully saturated rings. The van der Waals surface area contributed by atoms with Crippen molar-refractivity contribution in [1.29, 1.82) is 0 Å². The fourth-order valence-electron chi connectivity index (χ4n) is 1.32. The van der Waals surface area contributed by atoms with Crippen LogP contribution in [-0.4, -0.2) is 37.7 Å². The summed E-state index contributed by atoms with van der Waals surface area (Å²) >= 11 is 0. The number of hydrogen-bond donors (Lipinski definition) is 1. The molecule has 0 bridgehead atoms. The lowest BCUT2D eigenvalue weighted by atomic mass is 10.5. The molecule has 0 aliphatic heterocycles. The van der Waals surface area contributed by atoms with Crippen LogP contribution in [0.4, 0.5) is 11.8 Å². The minimum absolute atomic E-state index is 0.000556. The SMILES string of the molecule is CCN(CC)c1ncc(S(C)(=O)=O)c(N)n1. The second-order valence-corrected chi connectivity index (χ2v) is 5.35. The summed E-state index contributed by atoms with van der Waals surface area (Å²) in [5.74, 6) is 0.453. The van der Waals surface area contributed by atoms with Gasteiger partial charge in [-0.2, -0.15) is 4.98 Å². The summed E-state index contributed by atoms with van der Waals surface area (Å²) < 4.78 is 22.6. The summed E-state index contributed by atoms with van der Waals surface area (Å²) in [6.45, 7) is 5.42. The molecule has 90 valence electrons. The zero-order valence-electron chi connectivity index (χ0n) is 9.64. The molecule has 0 unspecified atom stereocenters. The quantitative estimate of drug-likeness (QED) is 0.819. The fraction of sp³-hybridized carbons (Fsp3) is 0.556. The highest BCUT2D eigenvalue weighted by Gasteiger charge is 2.15. The zero-order valence-corrected chi connectivity index (χ0v) is 10.5. The second-order valence-electron chi connectivity index (χ2n) is 3.36. The first-order chi connectivity index (χ1) is 7.40. The average molecular weight is 244 g/mol. The first-order valence-corrected chi connectivity index (χ1v) is 6.86. The Hall–Kier alpha value is -1.37. The van der Waals surface area contributed by atoms with Gasteiger partial charge in [0.2, 0.25) is 5.95 Å². The van der Waals surface area contributed by atoms with E-state index in [4.69, 9.17) is 5.73 Å². The lowest BCUT2D eigenvalue weighted by Gasteiger charge is -2.18. The van der Waals surface area contributed by atoms with Crippen LogP contribution in [0.5, 0.6) is 0 Å². The summed E-state index contributed by atoms with van der Waals surface area (Å²) in [7, 11) is -3.36. The minimum Gasteiger partial charge on any atom is -0.382 e. The third kappa shape index (κ3) is 2.60. The van der Waals surface area contributed by atoms with E-state index in [1.54, 1.807) is 0 Å². The first-order valence-electron chi connectivity index (χ1n) is 4.97. The maximum Gasteiger partial charge on any atom is 0.227 e. The van der Waals surface area contributed by atoms with E-state index in [9.17, 15) is 8.42 Å². The van der Waals surface area contributed by atoms with Gasteiger partial charge in [0.05, 0.1) is 6.20 Å².